The number of aromatic nitrogens is 2. The molecule has 3 aromatic rings. The Balaban J connectivity index is 1.70. The van der Waals surface area contributed by atoms with E-state index in [1.165, 1.54) is 0 Å². The molecule has 0 unspecified atom stereocenters. The Bertz CT molecular complexity index is 944. The molecule has 2 aromatic heterocycles. The Kier molecular flexibility index (Phi) is 6.22. The zero-order chi connectivity index (χ0) is 19.9. The van der Waals surface area contributed by atoms with Crippen molar-refractivity contribution in [3.63, 3.8) is 0 Å². The van der Waals surface area contributed by atoms with E-state index in [9.17, 15) is 4.79 Å². The van der Waals surface area contributed by atoms with Gasteiger partial charge in [-0.2, -0.15) is 0 Å². The second-order valence-electron chi connectivity index (χ2n) is 6.62. The number of anilines is 2. The molecule has 0 aliphatic rings. The minimum Gasteiger partial charge on any atom is -0.495 e. The highest BCUT2D eigenvalue weighted by atomic mass is 16.5. The van der Waals surface area contributed by atoms with Crippen LogP contribution >= 0.6 is 0 Å². The molecule has 1 aromatic carbocycles. The van der Waals surface area contributed by atoms with Crippen LogP contribution < -0.4 is 10.1 Å². The molecule has 0 aliphatic heterocycles. The lowest BCUT2D eigenvalue weighted by molar-refractivity contribution is 0.0796. The van der Waals surface area contributed by atoms with Gasteiger partial charge < -0.3 is 15.0 Å². The predicted molar refractivity (Wildman–Crippen MR) is 110 cm³/mol. The molecule has 0 aliphatic carbocycles. The lowest BCUT2D eigenvalue weighted by Gasteiger charge is -2.18. The average molecular weight is 376 g/mol. The summed E-state index contributed by atoms with van der Waals surface area (Å²) >= 11 is 0. The van der Waals surface area contributed by atoms with Gasteiger partial charge in [0, 0.05) is 32.2 Å². The van der Waals surface area contributed by atoms with Crippen LogP contribution in [0.25, 0.3) is 0 Å². The maximum absolute atomic E-state index is 12.8. The first-order valence-corrected chi connectivity index (χ1v) is 9.08. The van der Waals surface area contributed by atoms with E-state index in [0.717, 1.165) is 34.7 Å². The molecule has 6 heteroatoms. The maximum atomic E-state index is 12.8. The molecular formula is C22H24N4O2. The zero-order valence-electron chi connectivity index (χ0n) is 16.3. The average Bonchev–Trinajstić information content (AvgIpc) is 2.72. The van der Waals surface area contributed by atoms with Crippen molar-refractivity contribution in [2.45, 2.75) is 13.3 Å². The summed E-state index contributed by atoms with van der Waals surface area (Å²) in [6.07, 6.45) is 7.57. The SMILES string of the molecule is COc1ccc(C)cc1Nc1cncc(C(=O)N(C)CCc2ccncc2)c1. The van der Waals surface area contributed by atoms with Gasteiger partial charge in [0.2, 0.25) is 0 Å². The van der Waals surface area contributed by atoms with E-state index in [1.54, 1.807) is 49.9 Å². The molecule has 6 nitrogen and oxygen atoms in total. The summed E-state index contributed by atoms with van der Waals surface area (Å²) in [5, 5.41) is 3.29. The van der Waals surface area contributed by atoms with Crippen LogP contribution in [0.15, 0.2) is 61.2 Å². The molecular weight excluding hydrogens is 352 g/mol. The van der Waals surface area contributed by atoms with Crippen molar-refractivity contribution in [1.29, 1.82) is 0 Å². The highest BCUT2D eigenvalue weighted by Gasteiger charge is 2.13. The number of hydrogen-bond acceptors (Lipinski definition) is 5. The highest BCUT2D eigenvalue weighted by Crippen LogP contribution is 2.28. The van der Waals surface area contributed by atoms with Gasteiger partial charge in [-0.1, -0.05) is 6.07 Å². The topological polar surface area (TPSA) is 67.3 Å². The molecule has 0 saturated carbocycles. The number of likely N-dealkylation sites (N-methyl/N-ethyl adjacent to an activating group) is 1. The second-order valence-corrected chi connectivity index (χ2v) is 6.62. The number of nitrogens with zero attached hydrogens (tertiary/aromatic N) is 3. The molecule has 144 valence electrons. The number of pyridine rings is 2. The first-order chi connectivity index (χ1) is 13.6. The van der Waals surface area contributed by atoms with Crippen LogP contribution in [-0.2, 0) is 6.42 Å². The van der Waals surface area contributed by atoms with Crippen molar-refractivity contribution < 1.29 is 9.53 Å². The van der Waals surface area contributed by atoms with E-state index in [0.29, 0.717) is 12.1 Å². The smallest absolute Gasteiger partial charge is 0.255 e. The molecule has 1 amide bonds. The summed E-state index contributed by atoms with van der Waals surface area (Å²) in [5.41, 5.74) is 4.36. The molecule has 0 spiro atoms. The fraction of sp³-hybridized carbons (Fsp3) is 0.227. The predicted octanol–water partition coefficient (Wildman–Crippen LogP) is 3.85. The molecule has 0 radical (unpaired) electrons. The van der Waals surface area contributed by atoms with Crippen LogP contribution in [0.4, 0.5) is 11.4 Å². The van der Waals surface area contributed by atoms with Crippen molar-refractivity contribution in [3.05, 3.63) is 77.9 Å². The number of carbonyl (C=O) groups excluding carboxylic acids is 1. The Labute approximate surface area is 165 Å². The summed E-state index contributed by atoms with van der Waals surface area (Å²) in [7, 11) is 3.43. The van der Waals surface area contributed by atoms with Gasteiger partial charge in [-0.15, -0.1) is 0 Å². The van der Waals surface area contributed by atoms with E-state index in [1.807, 2.05) is 37.3 Å². The lowest BCUT2D eigenvalue weighted by atomic mass is 10.1. The van der Waals surface area contributed by atoms with E-state index < -0.39 is 0 Å². The number of amides is 1. The van der Waals surface area contributed by atoms with Gasteiger partial charge in [0.05, 0.1) is 30.2 Å². The number of rotatable bonds is 7. The van der Waals surface area contributed by atoms with Crippen molar-refractivity contribution in [3.8, 4) is 5.75 Å². The minimum atomic E-state index is -0.0681. The van der Waals surface area contributed by atoms with Crippen LogP contribution in [0.5, 0.6) is 5.75 Å². The van der Waals surface area contributed by atoms with Crippen LogP contribution in [0.1, 0.15) is 21.5 Å². The maximum Gasteiger partial charge on any atom is 0.255 e. The number of carbonyl (C=O) groups is 1. The molecule has 1 N–H and O–H groups in total. The highest BCUT2D eigenvalue weighted by molar-refractivity contribution is 5.94. The summed E-state index contributed by atoms with van der Waals surface area (Å²) in [6.45, 7) is 2.63. The van der Waals surface area contributed by atoms with E-state index >= 15 is 0 Å². The summed E-state index contributed by atoms with van der Waals surface area (Å²) in [4.78, 5) is 22.7. The molecule has 2 heterocycles. The van der Waals surface area contributed by atoms with E-state index in [-0.39, 0.29) is 5.91 Å². The largest absolute Gasteiger partial charge is 0.495 e. The first kappa shape index (κ1) is 19.4. The summed E-state index contributed by atoms with van der Waals surface area (Å²) < 4.78 is 5.40. The number of aryl methyl sites for hydroxylation is 1. The molecule has 0 saturated heterocycles. The summed E-state index contributed by atoms with van der Waals surface area (Å²) in [5.74, 6) is 0.665. The standard InChI is InChI=1S/C22H24N4O2/c1-16-4-5-21(28-3)20(12-16)25-19-13-18(14-24-15-19)22(27)26(2)11-8-17-6-9-23-10-7-17/h4-7,9-10,12-15,25H,8,11H2,1-3H3. The first-order valence-electron chi connectivity index (χ1n) is 9.08. The van der Waals surface area contributed by atoms with Crippen LogP contribution in [0.2, 0.25) is 0 Å². The van der Waals surface area contributed by atoms with Gasteiger partial charge in [-0.3, -0.25) is 14.8 Å². The molecule has 28 heavy (non-hydrogen) atoms. The van der Waals surface area contributed by atoms with Gasteiger partial charge in [-0.05, 0) is 54.8 Å². The Morgan fingerprint density at radius 2 is 1.89 bits per heavy atom. The van der Waals surface area contributed by atoms with Crippen molar-refractivity contribution in [2.24, 2.45) is 0 Å². The Hall–Kier alpha value is -3.41. The van der Waals surface area contributed by atoms with Gasteiger partial charge in [0.15, 0.2) is 0 Å². The molecule has 0 atom stereocenters. The van der Waals surface area contributed by atoms with Crippen LogP contribution in [0, 0.1) is 6.92 Å². The van der Waals surface area contributed by atoms with Crippen LogP contribution in [0.3, 0.4) is 0 Å². The third-order valence-electron chi connectivity index (χ3n) is 4.45. The van der Waals surface area contributed by atoms with Crippen molar-refractivity contribution in [2.75, 3.05) is 26.0 Å². The third-order valence-corrected chi connectivity index (χ3v) is 4.45. The van der Waals surface area contributed by atoms with Gasteiger partial charge in [-0.25, -0.2) is 0 Å². The number of benzene rings is 1. The summed E-state index contributed by atoms with van der Waals surface area (Å²) in [6, 6.07) is 11.6. The molecule has 3 rings (SSSR count). The van der Waals surface area contributed by atoms with E-state index in [2.05, 4.69) is 15.3 Å². The van der Waals surface area contributed by atoms with E-state index in [4.69, 9.17) is 4.74 Å². The normalized spacial score (nSPS) is 10.4. The Morgan fingerprint density at radius 3 is 2.64 bits per heavy atom. The number of methoxy groups -OCH3 is 1. The van der Waals surface area contributed by atoms with Gasteiger partial charge >= 0.3 is 0 Å². The van der Waals surface area contributed by atoms with Gasteiger partial charge in [0.1, 0.15) is 5.75 Å². The minimum absolute atomic E-state index is 0.0681. The lowest BCUT2D eigenvalue weighted by Crippen LogP contribution is -2.29. The van der Waals surface area contributed by atoms with Crippen molar-refractivity contribution >= 4 is 17.3 Å². The van der Waals surface area contributed by atoms with Gasteiger partial charge in [0.25, 0.3) is 5.91 Å². The number of hydrogen-bond donors (Lipinski definition) is 1. The fourth-order valence-corrected chi connectivity index (χ4v) is 2.87. The number of nitrogens with one attached hydrogen (secondary N) is 1. The van der Waals surface area contributed by atoms with Crippen molar-refractivity contribution in [1.82, 2.24) is 14.9 Å². The molecule has 0 fully saturated rings. The quantitative estimate of drug-likeness (QED) is 0.678. The van der Waals surface area contributed by atoms with Crippen LogP contribution in [-0.4, -0.2) is 41.5 Å². The molecule has 0 bridgehead atoms. The monoisotopic (exact) mass is 376 g/mol. The number of ether oxygens (including phenoxy) is 1. The zero-order valence-corrected chi connectivity index (χ0v) is 16.3. The fourth-order valence-electron chi connectivity index (χ4n) is 2.87. The Morgan fingerprint density at radius 1 is 1.11 bits per heavy atom. The third kappa shape index (κ3) is 4.85. The second kappa shape index (κ2) is 8.99.